The number of benzene rings is 1. The van der Waals surface area contributed by atoms with Crippen molar-refractivity contribution in [1.82, 2.24) is 4.90 Å². The molecule has 0 aliphatic carbocycles. The van der Waals surface area contributed by atoms with E-state index in [2.05, 4.69) is 0 Å². The molecule has 0 aromatic heterocycles. The number of ether oxygens (including phenoxy) is 1. The van der Waals surface area contributed by atoms with Crippen LogP contribution in [0.1, 0.15) is 12.0 Å². The molecule has 0 N–H and O–H groups in total. The Kier molecular flexibility index (Phi) is 6.12. The third-order valence-electron chi connectivity index (χ3n) is 3.85. The topological polar surface area (TPSA) is 107 Å². The minimum Gasteiger partial charge on any atom is -0.456 e. The minimum atomic E-state index is -0.690. The Balaban J connectivity index is 1.76. The highest BCUT2D eigenvalue weighted by Gasteiger charge is 2.43. The molecule has 0 saturated carbocycles. The van der Waals surface area contributed by atoms with Gasteiger partial charge in [-0.25, -0.2) is 4.79 Å². The van der Waals surface area contributed by atoms with Gasteiger partial charge in [0.1, 0.15) is 6.61 Å². The fourth-order valence-corrected chi connectivity index (χ4v) is 5.36. The number of esters is 1. The van der Waals surface area contributed by atoms with Crippen LogP contribution in [0, 0.1) is 10.1 Å². The summed E-state index contributed by atoms with van der Waals surface area (Å²) in [5, 5.41) is 10.4. The maximum absolute atomic E-state index is 12.7. The molecule has 0 spiro atoms. The van der Waals surface area contributed by atoms with Crippen LogP contribution in [0.3, 0.4) is 0 Å². The summed E-state index contributed by atoms with van der Waals surface area (Å²) >= 11 is 3.61. The van der Waals surface area contributed by atoms with E-state index in [1.807, 2.05) is 6.26 Å². The van der Waals surface area contributed by atoms with E-state index in [4.69, 9.17) is 4.74 Å². The first-order valence-electron chi connectivity index (χ1n) is 7.73. The summed E-state index contributed by atoms with van der Waals surface area (Å²) in [6.07, 6.45) is 2.17. The largest absolute Gasteiger partial charge is 0.456 e. The Morgan fingerprint density at radius 3 is 2.59 bits per heavy atom. The molecule has 3 rings (SSSR count). The summed E-state index contributed by atoms with van der Waals surface area (Å²) in [5.41, 5.74) is 0.630. The molecular weight excluding hydrogens is 412 g/mol. The third kappa shape index (κ3) is 4.30. The van der Waals surface area contributed by atoms with Gasteiger partial charge < -0.3 is 4.74 Å². The number of nitro benzene ring substituents is 1. The molecule has 2 aliphatic rings. The summed E-state index contributed by atoms with van der Waals surface area (Å²) < 4.78 is 5.80. The van der Waals surface area contributed by atoms with Crippen molar-refractivity contribution in [3.05, 3.63) is 49.9 Å². The molecule has 1 aromatic carbocycles. The number of non-ortho nitro benzene ring substituents is 1. The van der Waals surface area contributed by atoms with E-state index < -0.39 is 10.9 Å². The Labute approximate surface area is 167 Å². The zero-order valence-corrected chi connectivity index (χ0v) is 16.5. The second-order valence-electron chi connectivity index (χ2n) is 5.56. The zero-order valence-electron chi connectivity index (χ0n) is 14.1. The van der Waals surface area contributed by atoms with Crippen LogP contribution in [-0.2, 0) is 25.7 Å². The van der Waals surface area contributed by atoms with E-state index in [-0.39, 0.29) is 40.1 Å². The number of likely N-dealkylation sites (tertiary alicyclic amines) is 1. The normalized spacial score (nSPS) is 21.1. The quantitative estimate of drug-likeness (QED) is 0.223. The number of nitro groups is 1. The summed E-state index contributed by atoms with van der Waals surface area (Å²) in [4.78, 5) is 47.9. The Morgan fingerprint density at radius 1 is 1.37 bits per heavy atom. The van der Waals surface area contributed by atoms with Gasteiger partial charge in [-0.1, -0.05) is 0 Å². The van der Waals surface area contributed by atoms with Crippen LogP contribution in [0.25, 0.3) is 0 Å². The van der Waals surface area contributed by atoms with E-state index in [9.17, 15) is 24.5 Å². The molecule has 1 aromatic rings. The highest BCUT2D eigenvalue weighted by Crippen LogP contribution is 2.44. The SMILES string of the molecule is CSC1CC(=O)N1/C(C(=O)OCc1ccc([N+](=O)[O-])cc1)=C1/SCC(=O)S1. The average Bonchev–Trinajstić information content (AvgIpc) is 3.08. The van der Waals surface area contributed by atoms with E-state index in [0.29, 0.717) is 16.2 Å². The van der Waals surface area contributed by atoms with Gasteiger partial charge >= 0.3 is 5.97 Å². The van der Waals surface area contributed by atoms with Gasteiger partial charge in [0.2, 0.25) is 11.0 Å². The number of rotatable bonds is 6. The second kappa shape index (κ2) is 8.36. The molecule has 2 heterocycles. The molecule has 27 heavy (non-hydrogen) atoms. The van der Waals surface area contributed by atoms with Gasteiger partial charge in [-0.05, 0) is 35.7 Å². The van der Waals surface area contributed by atoms with E-state index >= 15 is 0 Å². The summed E-state index contributed by atoms with van der Waals surface area (Å²) in [7, 11) is 0. The summed E-state index contributed by atoms with van der Waals surface area (Å²) in [6, 6.07) is 5.65. The maximum Gasteiger partial charge on any atom is 0.357 e. The van der Waals surface area contributed by atoms with Gasteiger partial charge in [0.25, 0.3) is 5.69 Å². The van der Waals surface area contributed by atoms with Crippen LogP contribution < -0.4 is 0 Å². The van der Waals surface area contributed by atoms with Crippen molar-refractivity contribution in [3.8, 4) is 0 Å². The third-order valence-corrected chi connectivity index (χ3v) is 7.17. The number of carbonyl (C=O) groups is 3. The van der Waals surface area contributed by atoms with Crippen molar-refractivity contribution in [2.75, 3.05) is 12.0 Å². The monoisotopic (exact) mass is 426 g/mol. The zero-order chi connectivity index (χ0) is 19.6. The first-order chi connectivity index (χ1) is 12.9. The number of thioether (sulfide) groups is 3. The molecule has 2 fully saturated rings. The number of β-lactam (4-membered cyclic amide) rings is 1. The Bertz CT molecular complexity index is 839. The van der Waals surface area contributed by atoms with E-state index in [1.54, 1.807) is 0 Å². The number of nitrogens with zero attached hydrogens (tertiary/aromatic N) is 2. The Morgan fingerprint density at radius 2 is 2.07 bits per heavy atom. The van der Waals surface area contributed by atoms with Crippen molar-refractivity contribution < 1.29 is 24.0 Å². The molecule has 2 aliphatic heterocycles. The van der Waals surface area contributed by atoms with Gasteiger partial charge in [-0.15, -0.1) is 23.5 Å². The van der Waals surface area contributed by atoms with Crippen molar-refractivity contribution >= 4 is 58.0 Å². The van der Waals surface area contributed by atoms with Crippen molar-refractivity contribution in [3.63, 3.8) is 0 Å². The average molecular weight is 426 g/mol. The molecule has 8 nitrogen and oxygen atoms in total. The second-order valence-corrected chi connectivity index (χ2v) is 8.88. The molecule has 1 atom stereocenters. The lowest BCUT2D eigenvalue weighted by Gasteiger charge is -2.40. The molecule has 11 heteroatoms. The fraction of sp³-hybridized carbons (Fsp3) is 0.312. The van der Waals surface area contributed by atoms with Gasteiger partial charge in [0, 0.05) is 12.1 Å². The number of hydrogen-bond acceptors (Lipinski definition) is 9. The van der Waals surface area contributed by atoms with Crippen LogP contribution in [0.15, 0.2) is 34.2 Å². The highest BCUT2D eigenvalue weighted by atomic mass is 32.2. The van der Waals surface area contributed by atoms with Crippen LogP contribution in [0.2, 0.25) is 0 Å². The van der Waals surface area contributed by atoms with Gasteiger partial charge in [-0.3, -0.25) is 24.6 Å². The van der Waals surface area contributed by atoms with Crippen molar-refractivity contribution in [2.24, 2.45) is 0 Å². The van der Waals surface area contributed by atoms with E-state index in [1.165, 1.54) is 52.7 Å². The molecule has 1 amide bonds. The smallest absolute Gasteiger partial charge is 0.357 e. The molecule has 1 unspecified atom stereocenters. The number of carbonyl (C=O) groups excluding carboxylic acids is 3. The maximum atomic E-state index is 12.7. The molecule has 0 bridgehead atoms. The van der Waals surface area contributed by atoms with Gasteiger partial charge in [0.05, 0.1) is 26.7 Å². The van der Waals surface area contributed by atoms with Crippen LogP contribution in [0.4, 0.5) is 5.69 Å². The highest BCUT2D eigenvalue weighted by molar-refractivity contribution is 8.34. The molecule has 2 saturated heterocycles. The first kappa shape index (κ1) is 19.8. The fourth-order valence-electron chi connectivity index (χ4n) is 2.46. The van der Waals surface area contributed by atoms with Gasteiger partial charge in [0.15, 0.2) is 5.70 Å². The Hall–Kier alpha value is -1.98. The van der Waals surface area contributed by atoms with Gasteiger partial charge in [-0.2, -0.15) is 0 Å². The lowest BCUT2D eigenvalue weighted by molar-refractivity contribution is -0.384. The summed E-state index contributed by atoms with van der Waals surface area (Å²) in [6.45, 7) is -0.0944. The molecule has 142 valence electrons. The standard InChI is InChI=1S/C16H14N2O6S3/c1-25-12-6-11(19)17(12)14(16-26-8-13(20)27-16)15(21)24-7-9-2-4-10(5-3-9)18(22)23/h2-5,12H,6-8H2,1H3/b16-14-. The molecular formula is C16H14N2O6S3. The summed E-state index contributed by atoms with van der Waals surface area (Å²) in [5.74, 6) is -0.639. The number of amides is 1. The first-order valence-corrected chi connectivity index (χ1v) is 10.8. The van der Waals surface area contributed by atoms with Crippen LogP contribution >= 0.6 is 35.3 Å². The van der Waals surface area contributed by atoms with Crippen molar-refractivity contribution in [2.45, 2.75) is 18.4 Å². The molecule has 0 radical (unpaired) electrons. The van der Waals surface area contributed by atoms with E-state index in [0.717, 1.165) is 11.8 Å². The minimum absolute atomic E-state index is 0.0564. The lowest BCUT2D eigenvalue weighted by Crippen LogP contribution is -2.51. The van der Waals surface area contributed by atoms with Crippen molar-refractivity contribution in [1.29, 1.82) is 0 Å². The lowest BCUT2D eigenvalue weighted by atomic mass is 10.2. The predicted octanol–water partition coefficient (Wildman–Crippen LogP) is 2.74. The van der Waals surface area contributed by atoms with Crippen LogP contribution in [-0.4, -0.2) is 44.2 Å². The predicted molar refractivity (Wildman–Crippen MR) is 104 cm³/mol. The van der Waals surface area contributed by atoms with Crippen LogP contribution in [0.5, 0.6) is 0 Å². The number of hydrogen-bond donors (Lipinski definition) is 0.